The molecule has 2 aromatic rings. The Morgan fingerprint density at radius 1 is 0.905 bits per heavy atom. The molecule has 0 aliphatic rings. The molecular weight excluding hydrogens is 262 g/mol. The van der Waals surface area contributed by atoms with Gasteiger partial charge in [-0.15, -0.1) is 0 Å². The Morgan fingerprint density at radius 2 is 1.48 bits per heavy atom. The molecule has 0 fully saturated rings. The maximum atomic E-state index is 5.85. The lowest BCUT2D eigenvalue weighted by Crippen LogP contribution is -2.23. The van der Waals surface area contributed by atoms with Crippen LogP contribution >= 0.6 is 0 Å². The number of aryl methyl sites for hydroxylation is 1. The van der Waals surface area contributed by atoms with E-state index in [1.54, 1.807) is 0 Å². The molecule has 0 aliphatic carbocycles. The number of hydrogen-bond acceptors (Lipinski definition) is 3. The fourth-order valence-corrected chi connectivity index (χ4v) is 2.12. The number of benzene rings is 2. The van der Waals surface area contributed by atoms with Gasteiger partial charge in [-0.05, 0) is 50.7 Å². The first-order valence-corrected chi connectivity index (χ1v) is 7.32. The zero-order chi connectivity index (χ0) is 15.1. The van der Waals surface area contributed by atoms with Crippen LogP contribution in [0.1, 0.15) is 24.1 Å². The van der Waals surface area contributed by atoms with E-state index in [-0.39, 0.29) is 6.04 Å². The van der Waals surface area contributed by atoms with E-state index in [4.69, 9.17) is 9.47 Å². The van der Waals surface area contributed by atoms with Crippen molar-refractivity contribution in [1.82, 2.24) is 5.32 Å². The van der Waals surface area contributed by atoms with Gasteiger partial charge in [0.15, 0.2) is 0 Å². The van der Waals surface area contributed by atoms with Gasteiger partial charge in [-0.3, -0.25) is 0 Å². The summed E-state index contributed by atoms with van der Waals surface area (Å²) in [5.41, 5.74) is 2.42. The number of ether oxygens (including phenoxy) is 2. The summed E-state index contributed by atoms with van der Waals surface area (Å²) in [5, 5.41) is 3.29. The minimum atomic E-state index is 0.155. The molecule has 112 valence electrons. The Hall–Kier alpha value is -2.00. The van der Waals surface area contributed by atoms with E-state index in [1.807, 2.05) is 38.2 Å². The predicted molar refractivity (Wildman–Crippen MR) is 86.1 cm³/mol. The third kappa shape index (κ3) is 4.50. The van der Waals surface area contributed by atoms with Crippen LogP contribution in [-0.2, 0) is 0 Å². The molecule has 0 bridgehead atoms. The summed E-state index contributed by atoms with van der Waals surface area (Å²) in [6, 6.07) is 16.4. The molecule has 2 rings (SSSR count). The van der Waals surface area contributed by atoms with Crippen LogP contribution < -0.4 is 14.8 Å². The normalized spacial score (nSPS) is 12.0. The second-order valence-electron chi connectivity index (χ2n) is 4.97. The standard InChI is InChI=1S/C18H23NO2/c1-4-20-16-11-7-15(8-12-16)18(19-3)13-21-17-9-5-14(2)6-10-17/h5-12,18-19H,4,13H2,1-3H3. The molecule has 0 saturated carbocycles. The maximum absolute atomic E-state index is 5.85. The van der Waals surface area contributed by atoms with Crippen molar-refractivity contribution in [3.05, 3.63) is 59.7 Å². The molecule has 0 aliphatic heterocycles. The van der Waals surface area contributed by atoms with Crippen molar-refractivity contribution in [2.75, 3.05) is 20.3 Å². The van der Waals surface area contributed by atoms with Crippen LogP contribution in [0.3, 0.4) is 0 Å². The molecule has 1 unspecified atom stereocenters. The van der Waals surface area contributed by atoms with Crippen LogP contribution in [0.2, 0.25) is 0 Å². The second-order valence-corrected chi connectivity index (χ2v) is 4.97. The van der Waals surface area contributed by atoms with Crippen LogP contribution in [0.15, 0.2) is 48.5 Å². The summed E-state index contributed by atoms with van der Waals surface area (Å²) >= 11 is 0. The van der Waals surface area contributed by atoms with Crippen LogP contribution in [0.5, 0.6) is 11.5 Å². The predicted octanol–water partition coefficient (Wildman–Crippen LogP) is 3.73. The molecule has 21 heavy (non-hydrogen) atoms. The molecule has 1 N–H and O–H groups in total. The molecule has 0 saturated heterocycles. The molecule has 3 heteroatoms. The lowest BCUT2D eigenvalue weighted by Gasteiger charge is -2.18. The molecule has 0 aromatic heterocycles. The first-order valence-electron chi connectivity index (χ1n) is 7.32. The highest BCUT2D eigenvalue weighted by Gasteiger charge is 2.10. The number of likely N-dealkylation sites (N-methyl/N-ethyl adjacent to an activating group) is 1. The zero-order valence-corrected chi connectivity index (χ0v) is 12.9. The van der Waals surface area contributed by atoms with Crippen molar-refractivity contribution in [1.29, 1.82) is 0 Å². The number of hydrogen-bond donors (Lipinski definition) is 1. The van der Waals surface area contributed by atoms with Crippen molar-refractivity contribution in [2.24, 2.45) is 0 Å². The van der Waals surface area contributed by atoms with Gasteiger partial charge < -0.3 is 14.8 Å². The summed E-state index contributed by atoms with van der Waals surface area (Å²) in [7, 11) is 1.94. The molecule has 0 amide bonds. The van der Waals surface area contributed by atoms with Crippen LogP contribution in [-0.4, -0.2) is 20.3 Å². The van der Waals surface area contributed by atoms with E-state index in [0.29, 0.717) is 13.2 Å². The first-order chi connectivity index (χ1) is 10.2. The van der Waals surface area contributed by atoms with E-state index in [2.05, 4.69) is 36.5 Å². The third-order valence-electron chi connectivity index (χ3n) is 3.38. The molecule has 0 spiro atoms. The highest BCUT2D eigenvalue weighted by Crippen LogP contribution is 2.19. The molecule has 1 atom stereocenters. The Balaban J connectivity index is 1.97. The highest BCUT2D eigenvalue weighted by atomic mass is 16.5. The SMILES string of the molecule is CCOc1ccc(C(COc2ccc(C)cc2)NC)cc1. The van der Waals surface area contributed by atoms with Crippen molar-refractivity contribution in [3.63, 3.8) is 0 Å². The van der Waals surface area contributed by atoms with Crippen molar-refractivity contribution >= 4 is 0 Å². The van der Waals surface area contributed by atoms with Gasteiger partial charge in [0.2, 0.25) is 0 Å². The van der Waals surface area contributed by atoms with Gasteiger partial charge in [-0.25, -0.2) is 0 Å². The monoisotopic (exact) mass is 285 g/mol. The van der Waals surface area contributed by atoms with Gasteiger partial charge in [0.05, 0.1) is 12.6 Å². The quantitative estimate of drug-likeness (QED) is 0.840. The van der Waals surface area contributed by atoms with Crippen molar-refractivity contribution < 1.29 is 9.47 Å². The van der Waals surface area contributed by atoms with E-state index in [9.17, 15) is 0 Å². The lowest BCUT2D eigenvalue weighted by atomic mass is 10.1. The Kier molecular flexibility index (Phi) is 5.64. The van der Waals surface area contributed by atoms with E-state index >= 15 is 0 Å². The van der Waals surface area contributed by atoms with Gasteiger partial charge >= 0.3 is 0 Å². The van der Waals surface area contributed by atoms with Crippen LogP contribution in [0.25, 0.3) is 0 Å². The van der Waals surface area contributed by atoms with Crippen molar-refractivity contribution in [2.45, 2.75) is 19.9 Å². The molecular formula is C18H23NO2. The molecule has 3 nitrogen and oxygen atoms in total. The Morgan fingerprint density at radius 3 is 2.05 bits per heavy atom. The van der Waals surface area contributed by atoms with Gasteiger partial charge in [0.25, 0.3) is 0 Å². The van der Waals surface area contributed by atoms with Crippen LogP contribution in [0.4, 0.5) is 0 Å². The summed E-state index contributed by atoms with van der Waals surface area (Å²) in [6.45, 7) is 5.33. The molecule has 2 aromatic carbocycles. The van der Waals surface area contributed by atoms with Gasteiger partial charge in [0, 0.05) is 0 Å². The molecule has 0 heterocycles. The maximum Gasteiger partial charge on any atom is 0.119 e. The summed E-state index contributed by atoms with van der Waals surface area (Å²) in [5.74, 6) is 1.79. The largest absolute Gasteiger partial charge is 0.494 e. The fraction of sp³-hybridized carbons (Fsp3) is 0.333. The smallest absolute Gasteiger partial charge is 0.119 e. The van der Waals surface area contributed by atoms with Gasteiger partial charge in [-0.2, -0.15) is 0 Å². The topological polar surface area (TPSA) is 30.5 Å². The molecule has 0 radical (unpaired) electrons. The van der Waals surface area contributed by atoms with Crippen LogP contribution in [0, 0.1) is 6.92 Å². The van der Waals surface area contributed by atoms with Gasteiger partial charge in [-0.1, -0.05) is 29.8 Å². The summed E-state index contributed by atoms with van der Waals surface area (Å²) < 4.78 is 11.3. The number of rotatable bonds is 7. The van der Waals surface area contributed by atoms with Gasteiger partial charge in [0.1, 0.15) is 18.1 Å². The Bertz CT molecular complexity index is 534. The van der Waals surface area contributed by atoms with E-state index < -0.39 is 0 Å². The minimum absolute atomic E-state index is 0.155. The first kappa shape index (κ1) is 15.4. The van der Waals surface area contributed by atoms with E-state index in [0.717, 1.165) is 11.5 Å². The fourth-order valence-electron chi connectivity index (χ4n) is 2.12. The average Bonchev–Trinajstić information content (AvgIpc) is 2.51. The van der Waals surface area contributed by atoms with E-state index in [1.165, 1.54) is 11.1 Å². The zero-order valence-electron chi connectivity index (χ0n) is 12.9. The lowest BCUT2D eigenvalue weighted by molar-refractivity contribution is 0.273. The Labute approximate surface area is 126 Å². The number of nitrogens with one attached hydrogen (secondary N) is 1. The van der Waals surface area contributed by atoms with Crippen molar-refractivity contribution in [3.8, 4) is 11.5 Å². The summed E-state index contributed by atoms with van der Waals surface area (Å²) in [6.07, 6.45) is 0. The minimum Gasteiger partial charge on any atom is -0.494 e. The average molecular weight is 285 g/mol. The third-order valence-corrected chi connectivity index (χ3v) is 3.38. The highest BCUT2D eigenvalue weighted by molar-refractivity contribution is 5.30. The second kappa shape index (κ2) is 7.70. The summed E-state index contributed by atoms with van der Waals surface area (Å²) in [4.78, 5) is 0.